The first-order valence-corrected chi connectivity index (χ1v) is 1.99. The van der Waals surface area contributed by atoms with Gasteiger partial charge in [0.25, 0.3) is 0 Å². The van der Waals surface area contributed by atoms with E-state index < -0.39 is 12.2 Å². The highest BCUT2D eigenvalue weighted by molar-refractivity contribution is 5.67. The van der Waals surface area contributed by atoms with Gasteiger partial charge in [-0.2, -0.15) is 0 Å². The molecule has 0 aromatic carbocycles. The quantitative estimate of drug-likeness (QED) is 0.425. The lowest BCUT2D eigenvalue weighted by Crippen LogP contribution is -2.27. The predicted molar refractivity (Wildman–Crippen MR) is 24.1 cm³/mol. The lowest BCUT2D eigenvalue weighted by Gasteiger charge is -2.01. The van der Waals surface area contributed by atoms with Crippen molar-refractivity contribution in [2.24, 2.45) is 0 Å². The second kappa shape index (κ2) is 3.29. The van der Waals surface area contributed by atoms with Crippen molar-refractivity contribution in [2.45, 2.75) is 12.2 Å². The van der Waals surface area contributed by atoms with Crippen molar-refractivity contribution >= 4 is 12.6 Å². The summed E-state index contributed by atoms with van der Waals surface area (Å²) >= 11 is 0. The van der Waals surface area contributed by atoms with Crippen LogP contribution in [-0.4, -0.2) is 35.0 Å². The molecule has 0 spiro atoms. The number of hydrogen-bond donors (Lipinski definition) is 2. The number of aliphatic hydroxyl groups is 2. The maximum atomic E-state index is 9.54. The van der Waals surface area contributed by atoms with Gasteiger partial charge in [0.05, 0.1) is 0 Å². The third-order valence-electron chi connectivity index (χ3n) is 0.629. The highest BCUT2D eigenvalue weighted by Crippen LogP contribution is 1.82. The molecule has 2 atom stereocenters. The molecule has 4 nitrogen and oxygen atoms in total. The summed E-state index contributed by atoms with van der Waals surface area (Å²) in [5.74, 6) is 0. The van der Waals surface area contributed by atoms with E-state index in [2.05, 4.69) is 0 Å². The van der Waals surface area contributed by atoms with Crippen molar-refractivity contribution in [1.29, 1.82) is 0 Å². The number of carbonyl (C=O) groups is 2. The average Bonchev–Trinajstić information content (AvgIpc) is 1.84. The Labute approximate surface area is 45.7 Å². The first kappa shape index (κ1) is 7.26. The van der Waals surface area contributed by atoms with Crippen molar-refractivity contribution in [3.05, 3.63) is 0 Å². The summed E-state index contributed by atoms with van der Waals surface area (Å²) in [4.78, 5) is 19.1. The van der Waals surface area contributed by atoms with E-state index in [1.54, 1.807) is 0 Å². The standard InChI is InChI=1S/C4H6O4/c5-1-3(7)4(8)2-6/h1-4,7-8H/t3-,4-/m0/s1. The molecule has 0 bridgehead atoms. The molecule has 2 N–H and O–H groups in total. The van der Waals surface area contributed by atoms with Crippen LogP contribution in [0.15, 0.2) is 0 Å². The van der Waals surface area contributed by atoms with E-state index in [1.807, 2.05) is 0 Å². The van der Waals surface area contributed by atoms with Crippen LogP contribution in [0.1, 0.15) is 0 Å². The summed E-state index contributed by atoms with van der Waals surface area (Å²) in [5.41, 5.74) is 0. The Balaban J connectivity index is 3.60. The third kappa shape index (κ3) is 1.81. The minimum Gasteiger partial charge on any atom is -0.382 e. The van der Waals surface area contributed by atoms with Crippen LogP contribution in [0.5, 0.6) is 0 Å². The largest absolute Gasteiger partial charge is 0.382 e. The van der Waals surface area contributed by atoms with Crippen LogP contribution in [0.2, 0.25) is 0 Å². The molecule has 0 aromatic rings. The van der Waals surface area contributed by atoms with Gasteiger partial charge in [0.2, 0.25) is 0 Å². The predicted octanol–water partition coefficient (Wildman–Crippen LogP) is -1.89. The van der Waals surface area contributed by atoms with Gasteiger partial charge in [-0.05, 0) is 0 Å². The van der Waals surface area contributed by atoms with E-state index in [-0.39, 0.29) is 12.6 Å². The summed E-state index contributed by atoms with van der Waals surface area (Å²) in [5, 5.41) is 16.6. The summed E-state index contributed by atoms with van der Waals surface area (Å²) < 4.78 is 0. The smallest absolute Gasteiger partial charge is 0.151 e. The van der Waals surface area contributed by atoms with E-state index in [1.165, 1.54) is 0 Å². The Morgan fingerprint density at radius 3 is 1.38 bits per heavy atom. The van der Waals surface area contributed by atoms with Gasteiger partial charge in [-0.25, -0.2) is 0 Å². The van der Waals surface area contributed by atoms with Crippen LogP contribution in [0.4, 0.5) is 0 Å². The SMILES string of the molecule is O=C[C@H](O)[C@@H](O)C=O. The molecule has 4 heteroatoms. The van der Waals surface area contributed by atoms with E-state index in [9.17, 15) is 9.59 Å². The molecule has 0 unspecified atom stereocenters. The van der Waals surface area contributed by atoms with E-state index in [4.69, 9.17) is 10.2 Å². The molecule has 0 saturated carbocycles. The van der Waals surface area contributed by atoms with Gasteiger partial charge in [0.1, 0.15) is 12.2 Å². The molecule has 0 aliphatic heterocycles. The molecule has 8 heavy (non-hydrogen) atoms. The molecule has 0 aliphatic rings. The fraction of sp³-hybridized carbons (Fsp3) is 0.500. The molecule has 0 aromatic heterocycles. The van der Waals surface area contributed by atoms with Crippen molar-refractivity contribution in [3.63, 3.8) is 0 Å². The molecule has 0 rings (SSSR count). The van der Waals surface area contributed by atoms with E-state index >= 15 is 0 Å². The number of rotatable bonds is 3. The fourth-order valence-electron chi connectivity index (χ4n) is 0.161. The highest BCUT2D eigenvalue weighted by atomic mass is 16.3. The van der Waals surface area contributed by atoms with Crippen LogP contribution >= 0.6 is 0 Å². The molecular formula is C4H6O4. The zero-order valence-electron chi connectivity index (χ0n) is 4.02. The first-order chi connectivity index (χ1) is 3.72. The lowest BCUT2D eigenvalue weighted by atomic mass is 10.2. The molecule has 0 amide bonds. The molecular weight excluding hydrogens is 112 g/mol. The topological polar surface area (TPSA) is 74.6 Å². The Morgan fingerprint density at radius 1 is 1.00 bits per heavy atom. The van der Waals surface area contributed by atoms with E-state index in [0.29, 0.717) is 0 Å². The number of aliphatic hydroxyl groups excluding tert-OH is 2. The minimum absolute atomic E-state index is 0.0963. The van der Waals surface area contributed by atoms with Crippen molar-refractivity contribution in [1.82, 2.24) is 0 Å². The fourth-order valence-corrected chi connectivity index (χ4v) is 0.161. The number of hydrogen-bond acceptors (Lipinski definition) is 4. The normalized spacial score (nSPS) is 16.8. The molecule has 0 fully saturated rings. The zero-order chi connectivity index (χ0) is 6.57. The maximum absolute atomic E-state index is 9.54. The summed E-state index contributed by atoms with van der Waals surface area (Å²) in [7, 11) is 0. The van der Waals surface area contributed by atoms with Gasteiger partial charge in [0, 0.05) is 0 Å². The van der Waals surface area contributed by atoms with Gasteiger partial charge in [-0.1, -0.05) is 0 Å². The van der Waals surface area contributed by atoms with Gasteiger partial charge in [-0.15, -0.1) is 0 Å². The molecule has 46 valence electrons. The van der Waals surface area contributed by atoms with Gasteiger partial charge in [-0.3, -0.25) is 0 Å². The van der Waals surface area contributed by atoms with Crippen molar-refractivity contribution < 1.29 is 19.8 Å². The second-order valence-corrected chi connectivity index (χ2v) is 1.25. The van der Waals surface area contributed by atoms with Crippen molar-refractivity contribution in [2.75, 3.05) is 0 Å². The zero-order valence-corrected chi connectivity index (χ0v) is 4.02. The first-order valence-electron chi connectivity index (χ1n) is 1.99. The van der Waals surface area contributed by atoms with Gasteiger partial charge >= 0.3 is 0 Å². The molecule has 0 radical (unpaired) electrons. The van der Waals surface area contributed by atoms with Crippen molar-refractivity contribution in [3.8, 4) is 0 Å². The van der Waals surface area contributed by atoms with Gasteiger partial charge < -0.3 is 19.8 Å². The highest BCUT2D eigenvalue weighted by Gasteiger charge is 2.12. The second-order valence-electron chi connectivity index (χ2n) is 1.25. The lowest BCUT2D eigenvalue weighted by molar-refractivity contribution is -0.129. The minimum atomic E-state index is -1.58. The van der Waals surface area contributed by atoms with Crippen LogP contribution < -0.4 is 0 Å². The Morgan fingerprint density at radius 2 is 1.25 bits per heavy atom. The summed E-state index contributed by atoms with van der Waals surface area (Å²) in [6.45, 7) is 0. The monoisotopic (exact) mass is 118 g/mol. The molecule has 0 saturated heterocycles. The number of aldehydes is 2. The van der Waals surface area contributed by atoms with Crippen LogP contribution in [-0.2, 0) is 9.59 Å². The molecule has 0 heterocycles. The maximum Gasteiger partial charge on any atom is 0.151 e. The molecule has 0 aliphatic carbocycles. The van der Waals surface area contributed by atoms with Crippen LogP contribution in [0.3, 0.4) is 0 Å². The third-order valence-corrected chi connectivity index (χ3v) is 0.629. The number of carbonyl (C=O) groups excluding carboxylic acids is 2. The van der Waals surface area contributed by atoms with Crippen LogP contribution in [0.25, 0.3) is 0 Å². The van der Waals surface area contributed by atoms with Crippen LogP contribution in [0, 0.1) is 0 Å². The Kier molecular flexibility index (Phi) is 2.98. The average molecular weight is 118 g/mol. The Bertz CT molecular complexity index is 78.0. The Hall–Kier alpha value is -0.740. The van der Waals surface area contributed by atoms with E-state index in [0.717, 1.165) is 0 Å². The summed E-state index contributed by atoms with van der Waals surface area (Å²) in [6, 6.07) is 0. The van der Waals surface area contributed by atoms with Gasteiger partial charge in [0.15, 0.2) is 12.6 Å². The summed E-state index contributed by atoms with van der Waals surface area (Å²) in [6.07, 6.45) is -2.96.